The van der Waals surface area contributed by atoms with Crippen molar-refractivity contribution in [2.75, 3.05) is 0 Å². The molecule has 2 rings (SSSR count). The van der Waals surface area contributed by atoms with Crippen molar-refractivity contribution >= 4 is 33.7 Å². The van der Waals surface area contributed by atoms with Gasteiger partial charge in [0.15, 0.2) is 5.66 Å². The maximum atomic E-state index is 10.4. The van der Waals surface area contributed by atoms with E-state index in [4.69, 9.17) is 0 Å². The normalized spacial score (nSPS) is 20.5. The number of nitrogens with zero attached hydrogens (tertiary/aromatic N) is 2. The Labute approximate surface area is 124 Å². The number of hydrogen-bond acceptors (Lipinski definition) is 6. The van der Waals surface area contributed by atoms with Crippen LogP contribution in [0.3, 0.4) is 0 Å². The average Bonchev–Trinajstić information content (AvgIpc) is 2.48. The molecule has 0 amide bonds. The first-order chi connectivity index (χ1) is 9.78. The number of carbonyl (C=O) groups excluding carboxylic acids is 2. The van der Waals surface area contributed by atoms with Crippen molar-refractivity contribution in [3.05, 3.63) is 53.5 Å². The lowest BCUT2D eigenvalue weighted by Gasteiger charge is -2.19. The molecule has 4 nitrogen and oxygen atoms in total. The van der Waals surface area contributed by atoms with Crippen LogP contribution in [0.5, 0.6) is 0 Å². The number of benzene rings is 1. The largest absolute Gasteiger partial charge is 0.237 e. The number of isocyanates is 2. The zero-order chi connectivity index (χ0) is 14.3. The van der Waals surface area contributed by atoms with Crippen LogP contribution >= 0.6 is 21.6 Å². The van der Waals surface area contributed by atoms with Gasteiger partial charge < -0.3 is 0 Å². The second-order valence-electron chi connectivity index (χ2n) is 3.91. The molecule has 0 N–H and O–H groups in total. The van der Waals surface area contributed by atoms with Gasteiger partial charge in [0.2, 0.25) is 12.2 Å². The predicted octanol–water partition coefficient (Wildman–Crippen LogP) is 3.64. The van der Waals surface area contributed by atoms with Gasteiger partial charge in [-0.15, -0.1) is 0 Å². The van der Waals surface area contributed by atoms with Gasteiger partial charge in [0, 0.05) is 16.2 Å². The molecule has 0 fully saturated rings. The molecule has 0 atom stereocenters. The van der Waals surface area contributed by atoms with Gasteiger partial charge in [-0.1, -0.05) is 45.9 Å². The Balaban J connectivity index is 2.01. The quantitative estimate of drug-likeness (QED) is 0.473. The first-order valence-corrected chi connectivity index (χ1v) is 7.90. The molecule has 1 aliphatic rings. The number of hydrogen-bond donors (Lipinski definition) is 0. The summed E-state index contributed by atoms with van der Waals surface area (Å²) in [6, 6.07) is 10.00. The smallest absolute Gasteiger partial charge is 0.211 e. The zero-order valence-corrected chi connectivity index (χ0v) is 12.0. The second kappa shape index (κ2) is 7.08. The van der Waals surface area contributed by atoms with E-state index in [9.17, 15) is 9.59 Å². The molecule has 0 unspecified atom stereocenters. The van der Waals surface area contributed by atoms with Gasteiger partial charge in [-0.3, -0.25) is 0 Å². The molecule has 0 aromatic heterocycles. The van der Waals surface area contributed by atoms with Crippen LogP contribution in [-0.2, 0) is 9.59 Å². The van der Waals surface area contributed by atoms with Gasteiger partial charge in [-0.05, 0) is 24.3 Å². The average molecular weight is 302 g/mol. The topological polar surface area (TPSA) is 58.9 Å². The summed E-state index contributed by atoms with van der Waals surface area (Å²) in [7, 11) is 3.23. The van der Waals surface area contributed by atoms with Gasteiger partial charge in [-0.2, -0.15) is 9.98 Å². The summed E-state index contributed by atoms with van der Waals surface area (Å²) in [6.07, 6.45) is 8.55. The predicted molar refractivity (Wildman–Crippen MR) is 80.7 cm³/mol. The van der Waals surface area contributed by atoms with Crippen molar-refractivity contribution < 1.29 is 9.59 Å². The molecule has 100 valence electrons. The Bertz CT molecular complexity index is 610. The van der Waals surface area contributed by atoms with Crippen LogP contribution in [0.4, 0.5) is 0 Å². The summed E-state index contributed by atoms with van der Waals surface area (Å²) in [4.78, 5) is 30.1. The maximum absolute atomic E-state index is 10.4. The third kappa shape index (κ3) is 3.83. The van der Waals surface area contributed by atoms with Crippen LogP contribution < -0.4 is 0 Å². The highest BCUT2D eigenvalue weighted by Gasteiger charge is 2.27. The number of aliphatic imine (C=N–C) groups is 2. The Kier molecular flexibility index (Phi) is 5.16. The fourth-order valence-corrected chi connectivity index (χ4v) is 3.60. The van der Waals surface area contributed by atoms with Gasteiger partial charge in [0.25, 0.3) is 0 Å². The van der Waals surface area contributed by atoms with Crippen LogP contribution in [0.1, 0.15) is 6.42 Å². The molecule has 20 heavy (non-hydrogen) atoms. The molecule has 0 radical (unpaired) electrons. The lowest BCUT2D eigenvalue weighted by Crippen LogP contribution is -2.21. The molecular weight excluding hydrogens is 292 g/mol. The molecule has 0 saturated carbocycles. The highest BCUT2D eigenvalue weighted by atomic mass is 33.1. The molecule has 0 heterocycles. The summed E-state index contributed by atoms with van der Waals surface area (Å²) in [6.45, 7) is 0. The van der Waals surface area contributed by atoms with E-state index in [-0.39, 0.29) is 0 Å². The zero-order valence-electron chi connectivity index (χ0n) is 10.4. The van der Waals surface area contributed by atoms with Crippen LogP contribution in [-0.4, -0.2) is 17.8 Å². The van der Waals surface area contributed by atoms with E-state index in [0.717, 1.165) is 9.80 Å². The molecule has 0 bridgehead atoms. The van der Waals surface area contributed by atoms with Crippen LogP contribution in [0.2, 0.25) is 0 Å². The van der Waals surface area contributed by atoms with E-state index in [1.54, 1.807) is 33.7 Å². The SMILES string of the molecule is O=C=NC1(N=C=O)C=CC(SSc2ccccc2)=CC1. The van der Waals surface area contributed by atoms with E-state index < -0.39 is 5.66 Å². The van der Waals surface area contributed by atoms with E-state index >= 15 is 0 Å². The standard InChI is InChI=1S/C14H10N2O2S2/c17-10-15-14(16-11-18)8-6-13(7-9-14)20-19-12-4-2-1-3-5-12/h1-8H,9H2. The molecule has 0 saturated heterocycles. The Morgan fingerprint density at radius 3 is 2.30 bits per heavy atom. The van der Waals surface area contributed by atoms with Crippen LogP contribution in [0, 0.1) is 0 Å². The Hall–Kier alpha value is -1.84. The summed E-state index contributed by atoms with van der Waals surface area (Å²) in [5.74, 6) is 0. The maximum Gasteiger partial charge on any atom is 0.237 e. The molecule has 1 aromatic rings. The van der Waals surface area contributed by atoms with Crippen LogP contribution in [0.15, 0.2) is 68.3 Å². The summed E-state index contributed by atoms with van der Waals surface area (Å²) in [5.41, 5.74) is -1.16. The third-order valence-electron chi connectivity index (χ3n) is 2.57. The van der Waals surface area contributed by atoms with E-state index in [0.29, 0.717) is 6.42 Å². The minimum absolute atomic E-state index is 0.353. The fourth-order valence-electron chi connectivity index (χ4n) is 1.59. The van der Waals surface area contributed by atoms with Crippen LogP contribution in [0.25, 0.3) is 0 Å². The highest BCUT2D eigenvalue weighted by Crippen LogP contribution is 2.40. The van der Waals surface area contributed by atoms with Gasteiger partial charge >= 0.3 is 0 Å². The Morgan fingerprint density at radius 1 is 1.05 bits per heavy atom. The molecule has 1 aromatic carbocycles. The minimum Gasteiger partial charge on any atom is -0.211 e. The summed E-state index contributed by atoms with van der Waals surface area (Å²) in [5, 5.41) is 0. The fraction of sp³-hybridized carbons (Fsp3) is 0.143. The molecule has 0 spiro atoms. The number of allylic oxidation sites excluding steroid dienone is 1. The molecule has 0 aliphatic heterocycles. The van der Waals surface area contributed by atoms with Crippen molar-refractivity contribution in [1.82, 2.24) is 0 Å². The third-order valence-corrected chi connectivity index (χ3v) is 5.02. The van der Waals surface area contributed by atoms with E-state index in [1.807, 2.05) is 36.4 Å². The van der Waals surface area contributed by atoms with Crippen molar-refractivity contribution in [1.29, 1.82) is 0 Å². The van der Waals surface area contributed by atoms with Gasteiger partial charge in [0.05, 0.1) is 0 Å². The van der Waals surface area contributed by atoms with Gasteiger partial charge in [0.1, 0.15) is 0 Å². The van der Waals surface area contributed by atoms with Gasteiger partial charge in [-0.25, -0.2) is 9.59 Å². The summed E-state index contributed by atoms with van der Waals surface area (Å²) >= 11 is 0. The monoisotopic (exact) mass is 302 g/mol. The first kappa shape index (κ1) is 14.6. The lowest BCUT2D eigenvalue weighted by atomic mass is 10.0. The van der Waals surface area contributed by atoms with Crippen molar-refractivity contribution in [2.24, 2.45) is 9.98 Å². The first-order valence-electron chi connectivity index (χ1n) is 5.75. The number of rotatable bonds is 5. The van der Waals surface area contributed by atoms with Crippen molar-refractivity contribution in [3.8, 4) is 0 Å². The van der Waals surface area contributed by atoms with Crippen molar-refractivity contribution in [3.63, 3.8) is 0 Å². The highest BCUT2D eigenvalue weighted by molar-refractivity contribution is 8.78. The summed E-state index contributed by atoms with van der Waals surface area (Å²) < 4.78 is 0. The molecule has 1 aliphatic carbocycles. The minimum atomic E-state index is -1.16. The van der Waals surface area contributed by atoms with E-state index in [2.05, 4.69) is 9.98 Å². The Morgan fingerprint density at radius 2 is 1.75 bits per heavy atom. The molecule has 6 heteroatoms. The molecular formula is C14H10N2O2S2. The lowest BCUT2D eigenvalue weighted by molar-refractivity contribution is 0.513. The van der Waals surface area contributed by atoms with E-state index in [1.165, 1.54) is 12.2 Å². The van der Waals surface area contributed by atoms with Crippen molar-refractivity contribution in [2.45, 2.75) is 17.0 Å². The second-order valence-corrected chi connectivity index (χ2v) is 6.18.